The number of carbonyl (C=O) groups excluding carboxylic acids is 3. The zero-order chi connectivity index (χ0) is 15.0. The molecule has 2 heterocycles. The molecule has 4 amide bonds. The zero-order valence-corrected chi connectivity index (χ0v) is 12.7. The Kier molecular flexibility index (Phi) is 3.57. The molecular formula is C15H18N2O3S. The molecular weight excluding hydrogens is 288 g/mol. The number of nitrogens with zero attached hydrogens (tertiary/aromatic N) is 1. The second-order valence-electron chi connectivity index (χ2n) is 5.77. The Morgan fingerprint density at radius 3 is 2.57 bits per heavy atom. The van der Waals surface area contributed by atoms with E-state index in [0.717, 1.165) is 24.1 Å². The molecule has 2 fully saturated rings. The summed E-state index contributed by atoms with van der Waals surface area (Å²) in [6.45, 7) is 1.83. The van der Waals surface area contributed by atoms with Crippen LogP contribution >= 0.6 is 11.3 Å². The molecule has 1 aromatic heterocycles. The van der Waals surface area contributed by atoms with Crippen molar-refractivity contribution in [1.29, 1.82) is 0 Å². The Bertz CT molecular complexity index is 576. The SMILES string of the molecule is CC(c1cccs1)N1C(=O)NC(=O)C2(CCCCC2)C1=O. The number of nitrogens with one attached hydrogen (secondary N) is 1. The van der Waals surface area contributed by atoms with Crippen LogP contribution < -0.4 is 5.32 Å². The van der Waals surface area contributed by atoms with Gasteiger partial charge < -0.3 is 0 Å². The molecule has 1 saturated heterocycles. The average Bonchev–Trinajstić information content (AvgIpc) is 3.00. The first-order chi connectivity index (χ1) is 10.1. The van der Waals surface area contributed by atoms with Gasteiger partial charge >= 0.3 is 6.03 Å². The van der Waals surface area contributed by atoms with Crippen molar-refractivity contribution in [1.82, 2.24) is 10.2 Å². The number of rotatable bonds is 2. The molecule has 6 heteroatoms. The largest absolute Gasteiger partial charge is 0.331 e. The molecule has 1 unspecified atom stereocenters. The monoisotopic (exact) mass is 306 g/mol. The molecule has 0 radical (unpaired) electrons. The van der Waals surface area contributed by atoms with Crippen molar-refractivity contribution < 1.29 is 14.4 Å². The molecule has 21 heavy (non-hydrogen) atoms. The van der Waals surface area contributed by atoms with E-state index in [4.69, 9.17) is 0 Å². The van der Waals surface area contributed by atoms with E-state index in [9.17, 15) is 14.4 Å². The summed E-state index contributed by atoms with van der Waals surface area (Å²) in [7, 11) is 0. The van der Waals surface area contributed by atoms with Crippen molar-refractivity contribution in [2.75, 3.05) is 0 Å². The lowest BCUT2D eigenvalue weighted by Gasteiger charge is -2.43. The van der Waals surface area contributed by atoms with Crippen LogP contribution in [0.25, 0.3) is 0 Å². The van der Waals surface area contributed by atoms with Gasteiger partial charge in [-0.05, 0) is 31.2 Å². The fourth-order valence-electron chi connectivity index (χ4n) is 3.30. The minimum Gasteiger partial charge on any atom is -0.277 e. The summed E-state index contributed by atoms with van der Waals surface area (Å²) in [5.74, 6) is -0.733. The summed E-state index contributed by atoms with van der Waals surface area (Å²) in [6.07, 6.45) is 3.83. The molecule has 1 aromatic rings. The summed E-state index contributed by atoms with van der Waals surface area (Å²) in [5.41, 5.74) is -1.03. The van der Waals surface area contributed by atoms with Crippen LogP contribution in [0.5, 0.6) is 0 Å². The van der Waals surface area contributed by atoms with Crippen LogP contribution in [0.4, 0.5) is 4.79 Å². The van der Waals surface area contributed by atoms with Gasteiger partial charge in [-0.15, -0.1) is 11.3 Å². The van der Waals surface area contributed by atoms with E-state index in [1.54, 1.807) is 0 Å². The molecule has 1 atom stereocenters. The molecule has 1 N–H and O–H groups in total. The number of barbiturate groups is 1. The summed E-state index contributed by atoms with van der Waals surface area (Å²) in [4.78, 5) is 39.5. The van der Waals surface area contributed by atoms with Gasteiger partial charge in [0.15, 0.2) is 0 Å². The van der Waals surface area contributed by atoms with Crippen molar-refractivity contribution in [3.63, 3.8) is 0 Å². The lowest BCUT2D eigenvalue weighted by molar-refractivity contribution is -0.155. The van der Waals surface area contributed by atoms with Gasteiger partial charge in [0.25, 0.3) is 0 Å². The molecule has 1 aliphatic carbocycles. The van der Waals surface area contributed by atoms with Crippen molar-refractivity contribution in [3.8, 4) is 0 Å². The summed E-state index contributed by atoms with van der Waals surface area (Å²) >= 11 is 1.51. The molecule has 0 aromatic carbocycles. The third kappa shape index (κ3) is 2.18. The van der Waals surface area contributed by atoms with Gasteiger partial charge in [0.1, 0.15) is 5.41 Å². The minimum atomic E-state index is -1.03. The van der Waals surface area contributed by atoms with Gasteiger partial charge in [-0.2, -0.15) is 0 Å². The van der Waals surface area contributed by atoms with Crippen LogP contribution in [-0.2, 0) is 9.59 Å². The first kappa shape index (κ1) is 14.3. The fraction of sp³-hybridized carbons (Fsp3) is 0.533. The van der Waals surface area contributed by atoms with E-state index in [0.29, 0.717) is 12.8 Å². The van der Waals surface area contributed by atoms with E-state index in [1.807, 2.05) is 24.4 Å². The molecule has 1 saturated carbocycles. The normalized spacial score (nSPS) is 23.3. The van der Waals surface area contributed by atoms with E-state index in [1.165, 1.54) is 16.2 Å². The topological polar surface area (TPSA) is 66.5 Å². The number of hydrogen-bond acceptors (Lipinski definition) is 4. The Morgan fingerprint density at radius 2 is 1.95 bits per heavy atom. The number of imide groups is 2. The van der Waals surface area contributed by atoms with Crippen molar-refractivity contribution in [3.05, 3.63) is 22.4 Å². The third-order valence-corrected chi connectivity index (χ3v) is 5.59. The molecule has 5 nitrogen and oxygen atoms in total. The molecule has 0 bridgehead atoms. The molecule has 112 valence electrons. The quantitative estimate of drug-likeness (QED) is 0.854. The number of amides is 4. The average molecular weight is 306 g/mol. The number of hydrogen-bond donors (Lipinski definition) is 1. The van der Waals surface area contributed by atoms with E-state index < -0.39 is 17.4 Å². The van der Waals surface area contributed by atoms with Crippen molar-refractivity contribution >= 4 is 29.2 Å². The highest BCUT2D eigenvalue weighted by atomic mass is 32.1. The molecule has 1 spiro atoms. The first-order valence-corrected chi connectivity index (χ1v) is 8.17. The van der Waals surface area contributed by atoms with Crippen molar-refractivity contribution in [2.45, 2.75) is 45.1 Å². The second kappa shape index (κ2) is 5.26. The van der Waals surface area contributed by atoms with Crippen LogP contribution in [0.15, 0.2) is 17.5 Å². The van der Waals surface area contributed by atoms with Crippen LogP contribution in [0.2, 0.25) is 0 Å². The summed E-state index contributed by atoms with van der Waals surface area (Å²) < 4.78 is 0. The third-order valence-electron chi connectivity index (χ3n) is 4.55. The maximum absolute atomic E-state index is 12.9. The lowest BCUT2D eigenvalue weighted by Crippen LogP contribution is -2.64. The Balaban J connectivity index is 1.95. The van der Waals surface area contributed by atoms with E-state index in [2.05, 4.69) is 5.32 Å². The molecule has 3 rings (SSSR count). The highest BCUT2D eigenvalue weighted by molar-refractivity contribution is 7.10. The van der Waals surface area contributed by atoms with Gasteiger partial charge in [-0.3, -0.25) is 19.8 Å². The van der Waals surface area contributed by atoms with Crippen LogP contribution in [0.1, 0.15) is 49.9 Å². The van der Waals surface area contributed by atoms with Gasteiger partial charge in [0.05, 0.1) is 6.04 Å². The van der Waals surface area contributed by atoms with Gasteiger partial charge in [0, 0.05) is 4.88 Å². The van der Waals surface area contributed by atoms with Gasteiger partial charge in [-0.1, -0.05) is 25.3 Å². The summed E-state index contributed by atoms with van der Waals surface area (Å²) in [6, 6.07) is 2.86. The zero-order valence-electron chi connectivity index (χ0n) is 11.9. The van der Waals surface area contributed by atoms with E-state index >= 15 is 0 Å². The number of urea groups is 1. The predicted molar refractivity (Wildman–Crippen MR) is 78.6 cm³/mol. The Hall–Kier alpha value is -1.69. The number of thiophene rings is 1. The highest BCUT2D eigenvalue weighted by Gasteiger charge is 2.54. The van der Waals surface area contributed by atoms with Gasteiger partial charge in [-0.25, -0.2) is 4.79 Å². The second-order valence-corrected chi connectivity index (χ2v) is 6.75. The van der Waals surface area contributed by atoms with Crippen LogP contribution in [0, 0.1) is 5.41 Å². The van der Waals surface area contributed by atoms with E-state index in [-0.39, 0.29) is 11.9 Å². The smallest absolute Gasteiger partial charge is 0.277 e. The highest BCUT2D eigenvalue weighted by Crippen LogP contribution is 2.42. The predicted octanol–water partition coefficient (Wildman–Crippen LogP) is 2.84. The maximum atomic E-state index is 12.9. The standard InChI is InChI=1S/C15H18N2O3S/c1-10(11-6-5-9-21-11)17-13(19)15(7-3-2-4-8-15)12(18)16-14(17)20/h5-6,9-10H,2-4,7-8H2,1H3,(H,16,18,20). The lowest BCUT2D eigenvalue weighted by atomic mass is 9.71. The minimum absolute atomic E-state index is 0.322. The van der Waals surface area contributed by atoms with Gasteiger partial charge in [0.2, 0.25) is 11.8 Å². The Morgan fingerprint density at radius 1 is 1.24 bits per heavy atom. The van der Waals surface area contributed by atoms with Crippen LogP contribution in [-0.4, -0.2) is 22.7 Å². The number of carbonyl (C=O) groups is 3. The maximum Gasteiger partial charge on any atom is 0.331 e. The fourth-order valence-corrected chi connectivity index (χ4v) is 4.07. The summed E-state index contributed by atoms with van der Waals surface area (Å²) in [5, 5.41) is 4.31. The molecule has 2 aliphatic rings. The Labute approximate surface area is 127 Å². The van der Waals surface area contributed by atoms with Crippen LogP contribution in [0.3, 0.4) is 0 Å². The first-order valence-electron chi connectivity index (χ1n) is 7.29. The molecule has 1 aliphatic heterocycles. The van der Waals surface area contributed by atoms with Crippen molar-refractivity contribution in [2.24, 2.45) is 5.41 Å².